The molecule has 0 unspecified atom stereocenters. The Kier molecular flexibility index (Phi) is 4.49. The first-order chi connectivity index (χ1) is 10.5. The molecule has 0 aliphatic carbocycles. The highest BCUT2D eigenvalue weighted by Gasteiger charge is 2.29. The zero-order chi connectivity index (χ0) is 15.6. The molecule has 1 fully saturated rings. The third-order valence-electron chi connectivity index (χ3n) is 3.49. The summed E-state index contributed by atoms with van der Waals surface area (Å²) < 4.78 is 41.4. The van der Waals surface area contributed by atoms with Crippen molar-refractivity contribution >= 4 is 21.6 Å². The van der Waals surface area contributed by atoms with Crippen LogP contribution in [0.2, 0.25) is 0 Å². The van der Waals surface area contributed by atoms with Gasteiger partial charge in [0.25, 0.3) is 5.22 Å². The molecule has 2 aromatic rings. The van der Waals surface area contributed by atoms with E-state index in [-0.39, 0.29) is 23.2 Å². The van der Waals surface area contributed by atoms with Gasteiger partial charge in [-0.1, -0.05) is 23.9 Å². The van der Waals surface area contributed by atoms with Crippen LogP contribution in [-0.4, -0.2) is 30.1 Å². The van der Waals surface area contributed by atoms with Crippen LogP contribution in [0.15, 0.2) is 33.9 Å². The topological polar surface area (TPSA) is 73.1 Å². The molecule has 0 amide bonds. The Morgan fingerprint density at radius 3 is 2.95 bits per heavy atom. The van der Waals surface area contributed by atoms with Crippen LogP contribution in [0.5, 0.6) is 0 Å². The monoisotopic (exact) mass is 342 g/mol. The highest BCUT2D eigenvalue weighted by Crippen LogP contribution is 2.25. The summed E-state index contributed by atoms with van der Waals surface area (Å²) in [5.74, 6) is 1.23. The van der Waals surface area contributed by atoms with Crippen LogP contribution >= 0.6 is 11.8 Å². The standard InChI is InChI=1S/C14H15FN2O3S2/c15-12-3-1-2-10(6-12)8-21-14-17-16-13(20-14)7-11-4-5-22(18,19)9-11/h1-3,6,11H,4-5,7-9H2/t11-/m0/s1. The lowest BCUT2D eigenvalue weighted by Crippen LogP contribution is -2.07. The Bertz CT molecular complexity index is 761. The number of rotatable bonds is 5. The molecule has 1 aromatic heterocycles. The summed E-state index contributed by atoms with van der Waals surface area (Å²) in [4.78, 5) is 0. The second-order valence-corrected chi connectivity index (χ2v) is 8.51. The van der Waals surface area contributed by atoms with Crippen molar-refractivity contribution in [3.05, 3.63) is 41.5 Å². The van der Waals surface area contributed by atoms with Gasteiger partial charge in [0.2, 0.25) is 5.89 Å². The molecular weight excluding hydrogens is 327 g/mol. The fourth-order valence-electron chi connectivity index (χ4n) is 2.43. The molecule has 1 atom stereocenters. The number of sulfone groups is 1. The average molecular weight is 342 g/mol. The molecule has 0 bridgehead atoms. The van der Waals surface area contributed by atoms with Gasteiger partial charge in [0, 0.05) is 12.2 Å². The first kappa shape index (κ1) is 15.5. The normalized spacial score (nSPS) is 20.3. The fraction of sp³-hybridized carbons (Fsp3) is 0.429. The van der Waals surface area contributed by atoms with E-state index in [4.69, 9.17) is 4.42 Å². The molecule has 0 saturated carbocycles. The summed E-state index contributed by atoms with van der Waals surface area (Å²) in [5, 5.41) is 8.30. The molecule has 118 valence electrons. The zero-order valence-corrected chi connectivity index (χ0v) is 13.4. The summed E-state index contributed by atoms with van der Waals surface area (Å²) in [6, 6.07) is 6.35. The smallest absolute Gasteiger partial charge is 0.276 e. The van der Waals surface area contributed by atoms with Crippen molar-refractivity contribution in [2.24, 2.45) is 5.92 Å². The van der Waals surface area contributed by atoms with E-state index in [1.807, 2.05) is 6.07 Å². The van der Waals surface area contributed by atoms with E-state index in [1.54, 1.807) is 6.07 Å². The van der Waals surface area contributed by atoms with Crippen molar-refractivity contribution in [3.8, 4) is 0 Å². The average Bonchev–Trinajstić information content (AvgIpc) is 3.03. The van der Waals surface area contributed by atoms with Crippen molar-refractivity contribution in [1.82, 2.24) is 10.2 Å². The molecule has 3 rings (SSSR count). The minimum atomic E-state index is -2.89. The molecule has 1 saturated heterocycles. The van der Waals surface area contributed by atoms with E-state index in [0.717, 1.165) is 5.56 Å². The Hall–Kier alpha value is -1.41. The maximum atomic E-state index is 13.1. The number of benzene rings is 1. The predicted molar refractivity (Wildman–Crippen MR) is 80.7 cm³/mol. The fourth-order valence-corrected chi connectivity index (χ4v) is 5.02. The minimum absolute atomic E-state index is 0.0616. The SMILES string of the molecule is O=S1(=O)CC[C@@H](Cc2nnc(SCc3cccc(F)c3)o2)C1. The third kappa shape index (κ3) is 4.07. The predicted octanol–water partition coefficient (Wildman–Crippen LogP) is 2.48. The molecular formula is C14H15FN2O3S2. The van der Waals surface area contributed by atoms with Crippen LogP contribution in [-0.2, 0) is 22.0 Å². The van der Waals surface area contributed by atoms with Gasteiger partial charge in [-0.2, -0.15) is 0 Å². The Morgan fingerprint density at radius 1 is 1.36 bits per heavy atom. The lowest BCUT2D eigenvalue weighted by atomic mass is 10.1. The lowest BCUT2D eigenvalue weighted by Gasteiger charge is -2.02. The van der Waals surface area contributed by atoms with Gasteiger partial charge in [-0.25, -0.2) is 12.8 Å². The molecule has 1 aliphatic heterocycles. The third-order valence-corrected chi connectivity index (χ3v) is 6.22. The molecule has 22 heavy (non-hydrogen) atoms. The van der Waals surface area contributed by atoms with Crippen LogP contribution in [0.1, 0.15) is 17.9 Å². The van der Waals surface area contributed by atoms with Crippen molar-refractivity contribution in [2.75, 3.05) is 11.5 Å². The van der Waals surface area contributed by atoms with Crippen molar-refractivity contribution in [2.45, 2.75) is 23.8 Å². The number of aromatic nitrogens is 2. The molecule has 1 aromatic carbocycles. The number of halogens is 1. The molecule has 2 heterocycles. The molecule has 0 N–H and O–H groups in total. The summed E-state index contributed by atoms with van der Waals surface area (Å²) in [6.07, 6.45) is 1.14. The second kappa shape index (κ2) is 6.37. The van der Waals surface area contributed by atoms with E-state index in [2.05, 4.69) is 10.2 Å². The summed E-state index contributed by atoms with van der Waals surface area (Å²) >= 11 is 1.34. The highest BCUT2D eigenvalue weighted by molar-refractivity contribution is 7.98. The van der Waals surface area contributed by atoms with Gasteiger partial charge in [0.1, 0.15) is 5.82 Å². The van der Waals surface area contributed by atoms with Crippen LogP contribution in [0.25, 0.3) is 0 Å². The summed E-state index contributed by atoms with van der Waals surface area (Å²) in [6.45, 7) is 0. The lowest BCUT2D eigenvalue weighted by molar-refractivity contribution is 0.389. The van der Waals surface area contributed by atoms with Gasteiger partial charge in [0.15, 0.2) is 9.84 Å². The van der Waals surface area contributed by atoms with Crippen molar-refractivity contribution in [3.63, 3.8) is 0 Å². The molecule has 1 aliphatic rings. The maximum Gasteiger partial charge on any atom is 0.276 e. The number of nitrogens with zero attached hydrogens (tertiary/aromatic N) is 2. The summed E-state index contributed by atoms with van der Waals surface area (Å²) in [5.41, 5.74) is 0.839. The largest absolute Gasteiger partial charge is 0.416 e. The quantitative estimate of drug-likeness (QED) is 0.777. The van der Waals surface area contributed by atoms with Crippen molar-refractivity contribution < 1.29 is 17.2 Å². The van der Waals surface area contributed by atoms with Gasteiger partial charge in [0.05, 0.1) is 11.5 Å². The Balaban J connectivity index is 1.55. The Morgan fingerprint density at radius 2 is 2.23 bits per heavy atom. The van der Waals surface area contributed by atoms with Crippen molar-refractivity contribution in [1.29, 1.82) is 0 Å². The van der Waals surface area contributed by atoms with E-state index < -0.39 is 9.84 Å². The summed E-state index contributed by atoms with van der Waals surface area (Å²) in [7, 11) is -2.89. The number of hydrogen-bond acceptors (Lipinski definition) is 6. The van der Waals surface area contributed by atoms with Gasteiger partial charge < -0.3 is 4.42 Å². The van der Waals surface area contributed by atoms with E-state index in [1.165, 1.54) is 23.9 Å². The van der Waals surface area contributed by atoms with E-state index >= 15 is 0 Å². The van der Waals surface area contributed by atoms with Crippen LogP contribution in [0.3, 0.4) is 0 Å². The van der Waals surface area contributed by atoms with E-state index in [0.29, 0.717) is 29.7 Å². The van der Waals surface area contributed by atoms with Gasteiger partial charge >= 0.3 is 0 Å². The number of thioether (sulfide) groups is 1. The maximum absolute atomic E-state index is 13.1. The zero-order valence-electron chi connectivity index (χ0n) is 11.7. The van der Waals surface area contributed by atoms with Crippen LogP contribution in [0, 0.1) is 11.7 Å². The highest BCUT2D eigenvalue weighted by atomic mass is 32.2. The Labute approximate surface area is 132 Å². The van der Waals surface area contributed by atoms with Crippen LogP contribution in [0.4, 0.5) is 4.39 Å². The first-order valence-electron chi connectivity index (χ1n) is 6.90. The molecule has 0 spiro atoms. The minimum Gasteiger partial charge on any atom is -0.416 e. The molecule has 5 nitrogen and oxygen atoms in total. The van der Waals surface area contributed by atoms with Crippen LogP contribution < -0.4 is 0 Å². The van der Waals surface area contributed by atoms with Gasteiger partial charge in [-0.15, -0.1) is 10.2 Å². The number of hydrogen-bond donors (Lipinski definition) is 0. The molecule has 8 heteroatoms. The van der Waals surface area contributed by atoms with E-state index in [9.17, 15) is 12.8 Å². The first-order valence-corrected chi connectivity index (χ1v) is 9.71. The van der Waals surface area contributed by atoms with Gasteiger partial charge in [-0.05, 0) is 30.0 Å². The van der Waals surface area contributed by atoms with Gasteiger partial charge in [-0.3, -0.25) is 0 Å². The molecule has 0 radical (unpaired) electrons. The second-order valence-electron chi connectivity index (χ2n) is 5.35.